The average molecular weight is 400 g/mol. The monoisotopic (exact) mass is 400 g/mol. The molecule has 0 aliphatic heterocycles. The van der Waals surface area contributed by atoms with Crippen LogP contribution in [0.25, 0.3) is 0 Å². The molecule has 0 fully saturated rings. The van der Waals surface area contributed by atoms with Crippen LogP contribution in [-0.2, 0) is 4.74 Å². The Bertz CT molecular complexity index is 506. The summed E-state index contributed by atoms with van der Waals surface area (Å²) in [5.41, 5.74) is 0. The van der Waals surface area contributed by atoms with Crippen LogP contribution >= 0.6 is 22.6 Å². The van der Waals surface area contributed by atoms with E-state index in [4.69, 9.17) is 0 Å². The molecule has 0 spiro atoms. The van der Waals surface area contributed by atoms with Crippen LogP contribution in [0.2, 0.25) is 19.6 Å². The molecule has 1 amide bonds. The first-order valence-electron chi connectivity index (χ1n) is 5.67. The van der Waals surface area contributed by atoms with Crippen molar-refractivity contribution in [2.75, 3.05) is 11.9 Å². The summed E-state index contributed by atoms with van der Waals surface area (Å²) in [4.78, 5) is 14.9. The molecule has 0 radical (unpaired) electrons. The maximum Gasteiger partial charge on any atom is 0.412 e. The number of halogens is 3. The van der Waals surface area contributed by atoms with E-state index in [0.29, 0.717) is 0 Å². The lowest BCUT2D eigenvalue weighted by Crippen LogP contribution is -2.44. The Balaban J connectivity index is 3.22. The van der Waals surface area contributed by atoms with E-state index in [1.54, 1.807) is 29.5 Å². The Morgan fingerprint density at radius 3 is 2.47 bits per heavy atom. The third kappa shape index (κ3) is 3.85. The fourth-order valence-electron chi connectivity index (χ4n) is 1.49. The molecule has 0 aliphatic carbocycles. The van der Waals surface area contributed by atoms with Gasteiger partial charge in [-0.3, -0.25) is 5.32 Å². The van der Waals surface area contributed by atoms with Gasteiger partial charge in [0.1, 0.15) is 5.82 Å². The standard InChI is InChI=1S/C11H15F2IN2O2Si/c1-5-18-11(17)16-10-7(14)6(12)8(9(13)15-10)19(2,3)4/h5H2,1-4H3,(H,15,16,17). The van der Waals surface area contributed by atoms with E-state index in [1.807, 2.05) is 19.6 Å². The van der Waals surface area contributed by atoms with Crippen LogP contribution in [0, 0.1) is 15.3 Å². The maximum atomic E-state index is 14.2. The second-order valence-corrected chi connectivity index (χ2v) is 10.9. The van der Waals surface area contributed by atoms with Gasteiger partial charge < -0.3 is 4.74 Å². The maximum absolute atomic E-state index is 14.2. The third-order valence-corrected chi connectivity index (χ3v) is 5.19. The quantitative estimate of drug-likeness (QED) is 0.482. The number of amides is 1. The van der Waals surface area contributed by atoms with Gasteiger partial charge in [-0.15, -0.1) is 0 Å². The number of hydrogen-bond donors (Lipinski definition) is 1. The molecule has 0 unspecified atom stereocenters. The van der Waals surface area contributed by atoms with E-state index in [0.717, 1.165) is 0 Å². The van der Waals surface area contributed by atoms with Crippen LogP contribution in [0.15, 0.2) is 0 Å². The molecule has 0 saturated carbocycles. The number of hydrogen-bond acceptors (Lipinski definition) is 3. The Kier molecular flexibility index (Phi) is 5.24. The van der Waals surface area contributed by atoms with Crippen LogP contribution in [0.4, 0.5) is 19.4 Å². The van der Waals surface area contributed by atoms with Crippen LogP contribution < -0.4 is 10.5 Å². The van der Waals surface area contributed by atoms with Gasteiger partial charge >= 0.3 is 6.09 Å². The summed E-state index contributed by atoms with van der Waals surface area (Å²) >= 11 is 1.70. The van der Waals surface area contributed by atoms with Crippen molar-refractivity contribution in [3.63, 3.8) is 0 Å². The van der Waals surface area contributed by atoms with E-state index >= 15 is 0 Å². The van der Waals surface area contributed by atoms with Crippen LogP contribution in [0.5, 0.6) is 0 Å². The van der Waals surface area contributed by atoms with Crippen molar-refractivity contribution in [2.24, 2.45) is 0 Å². The lowest BCUT2D eigenvalue weighted by Gasteiger charge is -2.19. The van der Waals surface area contributed by atoms with Crippen molar-refractivity contribution in [1.82, 2.24) is 4.98 Å². The van der Waals surface area contributed by atoms with Crippen LogP contribution in [0.3, 0.4) is 0 Å². The topological polar surface area (TPSA) is 51.2 Å². The van der Waals surface area contributed by atoms with E-state index in [1.165, 1.54) is 0 Å². The fraction of sp³-hybridized carbons (Fsp3) is 0.455. The van der Waals surface area contributed by atoms with Gasteiger partial charge in [-0.05, 0) is 29.5 Å². The lowest BCUT2D eigenvalue weighted by atomic mass is 10.4. The highest BCUT2D eigenvalue weighted by Gasteiger charge is 2.29. The molecule has 1 aromatic heterocycles. The van der Waals surface area contributed by atoms with E-state index < -0.39 is 25.9 Å². The Morgan fingerprint density at radius 1 is 1.42 bits per heavy atom. The number of anilines is 1. The predicted molar refractivity (Wildman–Crippen MR) is 80.5 cm³/mol. The van der Waals surface area contributed by atoms with Gasteiger partial charge in [0.15, 0.2) is 5.82 Å². The highest BCUT2D eigenvalue weighted by Crippen LogP contribution is 2.21. The Hall–Kier alpha value is -0.773. The predicted octanol–water partition coefficient (Wildman–Crippen LogP) is 3.08. The third-order valence-electron chi connectivity index (χ3n) is 2.28. The summed E-state index contributed by atoms with van der Waals surface area (Å²) in [5.74, 6) is -1.68. The number of aromatic nitrogens is 1. The van der Waals surface area contributed by atoms with E-state index in [2.05, 4.69) is 15.0 Å². The van der Waals surface area contributed by atoms with Crippen molar-refractivity contribution in [2.45, 2.75) is 26.6 Å². The summed E-state index contributed by atoms with van der Waals surface area (Å²) in [7, 11) is -2.19. The van der Waals surface area contributed by atoms with Crippen LogP contribution in [0.1, 0.15) is 6.92 Å². The number of pyridine rings is 1. The van der Waals surface area contributed by atoms with Gasteiger partial charge in [-0.25, -0.2) is 14.2 Å². The number of carbonyl (C=O) groups excluding carboxylic acids is 1. The highest BCUT2D eigenvalue weighted by molar-refractivity contribution is 14.1. The number of rotatable bonds is 3. The van der Waals surface area contributed by atoms with Crippen molar-refractivity contribution >= 4 is 47.8 Å². The SMILES string of the molecule is CCOC(=O)Nc1nc(F)c([Si](C)(C)C)c(F)c1I. The first kappa shape index (κ1) is 16.3. The normalized spacial score (nSPS) is 11.3. The van der Waals surface area contributed by atoms with E-state index in [-0.39, 0.29) is 21.2 Å². The number of nitrogens with one attached hydrogen (secondary N) is 1. The van der Waals surface area contributed by atoms with Gasteiger partial charge in [-0.2, -0.15) is 4.39 Å². The largest absolute Gasteiger partial charge is 0.450 e. The van der Waals surface area contributed by atoms with Gasteiger partial charge in [0.2, 0.25) is 5.95 Å². The molecule has 0 aromatic carbocycles. The summed E-state index contributed by atoms with van der Waals surface area (Å²) in [6.07, 6.45) is -0.785. The number of nitrogens with zero attached hydrogens (tertiary/aromatic N) is 1. The fourth-order valence-corrected chi connectivity index (χ4v) is 3.73. The van der Waals surface area contributed by atoms with Crippen molar-refractivity contribution < 1.29 is 18.3 Å². The molecule has 1 rings (SSSR count). The number of carbonyl (C=O) groups is 1. The van der Waals surface area contributed by atoms with Gasteiger partial charge in [-0.1, -0.05) is 19.6 Å². The van der Waals surface area contributed by atoms with E-state index in [9.17, 15) is 13.6 Å². The summed E-state index contributed by atoms with van der Waals surface area (Å²) < 4.78 is 32.9. The molecule has 0 atom stereocenters. The zero-order valence-electron chi connectivity index (χ0n) is 11.1. The molecule has 1 aromatic rings. The lowest BCUT2D eigenvalue weighted by molar-refractivity contribution is 0.167. The van der Waals surface area contributed by atoms with Gasteiger partial charge in [0.25, 0.3) is 0 Å². The van der Waals surface area contributed by atoms with Gasteiger partial charge in [0.05, 0.1) is 18.3 Å². The summed E-state index contributed by atoms with van der Waals surface area (Å²) in [6, 6.07) is 0. The van der Waals surface area contributed by atoms with Crippen molar-refractivity contribution in [1.29, 1.82) is 0 Å². The molecule has 0 saturated heterocycles. The van der Waals surface area contributed by atoms with Crippen molar-refractivity contribution in [3.8, 4) is 0 Å². The first-order chi connectivity index (χ1) is 8.68. The minimum absolute atomic E-state index is 0.0336. The summed E-state index contributed by atoms with van der Waals surface area (Å²) in [6.45, 7) is 7.27. The molecule has 19 heavy (non-hydrogen) atoms. The smallest absolute Gasteiger partial charge is 0.412 e. The molecule has 0 aliphatic rings. The molecule has 0 bridgehead atoms. The Labute approximate surface area is 125 Å². The van der Waals surface area contributed by atoms with Gasteiger partial charge in [0, 0.05) is 5.19 Å². The first-order valence-corrected chi connectivity index (χ1v) is 10.2. The molecular weight excluding hydrogens is 385 g/mol. The average Bonchev–Trinajstić information content (AvgIpc) is 2.23. The second kappa shape index (κ2) is 6.12. The highest BCUT2D eigenvalue weighted by atomic mass is 127. The zero-order chi connectivity index (χ0) is 14.8. The molecule has 8 heteroatoms. The second-order valence-electron chi connectivity index (χ2n) is 4.85. The zero-order valence-corrected chi connectivity index (χ0v) is 14.3. The molecule has 4 nitrogen and oxygen atoms in total. The molecular formula is C11H15F2IN2O2Si. The summed E-state index contributed by atoms with van der Waals surface area (Å²) in [5, 5.41) is 2.26. The minimum atomic E-state index is -2.19. The molecule has 106 valence electrons. The van der Waals surface area contributed by atoms with Crippen LogP contribution in [-0.4, -0.2) is 25.8 Å². The van der Waals surface area contributed by atoms with Crippen molar-refractivity contribution in [3.05, 3.63) is 15.3 Å². The molecule has 1 N–H and O–H groups in total. The minimum Gasteiger partial charge on any atom is -0.450 e. The number of ether oxygens (including phenoxy) is 1. The Morgan fingerprint density at radius 2 is 2.00 bits per heavy atom. The molecule has 1 heterocycles.